The lowest BCUT2D eigenvalue weighted by Gasteiger charge is -2.26. The van der Waals surface area contributed by atoms with Gasteiger partial charge in [0, 0.05) is 0 Å². The van der Waals surface area contributed by atoms with Gasteiger partial charge >= 0.3 is 5.97 Å². The predicted molar refractivity (Wildman–Crippen MR) is 90.7 cm³/mol. The number of nitrogens with one attached hydrogen (secondary N) is 1. The highest BCUT2D eigenvalue weighted by molar-refractivity contribution is 7.14. The Morgan fingerprint density at radius 3 is 2.38 bits per heavy atom. The smallest absolute Gasteiger partial charge is 0.307 e. The van der Waals surface area contributed by atoms with Gasteiger partial charge in [-0.2, -0.15) is 0 Å². The zero-order valence-corrected chi connectivity index (χ0v) is 14.4. The molecule has 2 amide bonds. The number of primary amides is 1. The first-order valence-electron chi connectivity index (χ1n) is 7.91. The van der Waals surface area contributed by atoms with E-state index in [9.17, 15) is 19.5 Å². The first-order valence-corrected chi connectivity index (χ1v) is 8.79. The Morgan fingerprint density at radius 2 is 1.83 bits per heavy atom. The summed E-state index contributed by atoms with van der Waals surface area (Å²) in [5.74, 6) is -3.27. The molecule has 2 fully saturated rings. The van der Waals surface area contributed by atoms with Gasteiger partial charge < -0.3 is 16.2 Å². The van der Waals surface area contributed by atoms with Crippen LogP contribution in [0.15, 0.2) is 22.6 Å². The molecular weight excluding hydrogens is 328 g/mol. The number of hydrogen-bond donors (Lipinski definition) is 3. The van der Waals surface area contributed by atoms with Crippen LogP contribution in [0.4, 0.5) is 5.00 Å². The maximum Gasteiger partial charge on any atom is 0.307 e. The van der Waals surface area contributed by atoms with Gasteiger partial charge in [-0.3, -0.25) is 14.4 Å². The molecule has 3 rings (SSSR count). The molecule has 2 bridgehead atoms. The number of thiophene rings is 1. The van der Waals surface area contributed by atoms with Crippen molar-refractivity contribution >= 4 is 34.1 Å². The van der Waals surface area contributed by atoms with Gasteiger partial charge in [0.25, 0.3) is 5.91 Å². The first kappa shape index (κ1) is 16.7. The molecule has 0 spiro atoms. The van der Waals surface area contributed by atoms with Gasteiger partial charge in [-0.1, -0.05) is 11.1 Å². The number of rotatable bonds is 4. The van der Waals surface area contributed by atoms with Crippen LogP contribution in [0.25, 0.3) is 0 Å². The zero-order chi connectivity index (χ0) is 17.6. The van der Waals surface area contributed by atoms with E-state index >= 15 is 0 Å². The third-order valence-electron chi connectivity index (χ3n) is 5.17. The molecule has 128 valence electrons. The van der Waals surface area contributed by atoms with Crippen molar-refractivity contribution in [1.29, 1.82) is 0 Å². The lowest BCUT2D eigenvalue weighted by Crippen LogP contribution is -2.38. The molecule has 2 aliphatic rings. The molecule has 0 aromatic carbocycles. The van der Waals surface area contributed by atoms with E-state index in [2.05, 4.69) is 5.32 Å². The van der Waals surface area contributed by atoms with Crippen molar-refractivity contribution in [3.05, 3.63) is 28.2 Å². The second-order valence-corrected chi connectivity index (χ2v) is 7.57. The third kappa shape index (κ3) is 2.53. The highest BCUT2D eigenvalue weighted by Gasteiger charge is 2.57. The highest BCUT2D eigenvalue weighted by atomic mass is 32.1. The molecule has 4 atom stereocenters. The Kier molecular flexibility index (Phi) is 4.21. The molecule has 4 N–H and O–H groups in total. The van der Waals surface area contributed by atoms with Crippen LogP contribution < -0.4 is 11.1 Å². The van der Waals surface area contributed by atoms with Gasteiger partial charge in [0.2, 0.25) is 5.91 Å². The van der Waals surface area contributed by atoms with E-state index in [1.54, 1.807) is 11.4 Å². The number of nitrogens with two attached hydrogens (primary N) is 1. The van der Waals surface area contributed by atoms with Crippen molar-refractivity contribution in [2.45, 2.75) is 26.7 Å². The summed E-state index contributed by atoms with van der Waals surface area (Å²) in [6.45, 7) is 3.95. The standard InChI is InChI=1S/C17H20N2O4S/c1-7(2)11-8-3-4-9(11)13(17(22)23)12(8)15(21)19-16-10(14(18)20)5-6-24-16/h5-6,8-9,12-13H,3-4H2,1-2H3,(H2,18,20)(H,19,21)(H,22,23)/t8-,9+,12-,13+/m1/s1. The quantitative estimate of drug-likeness (QED) is 0.726. The summed E-state index contributed by atoms with van der Waals surface area (Å²) < 4.78 is 0. The molecule has 1 aromatic heterocycles. The number of carbonyl (C=O) groups is 3. The summed E-state index contributed by atoms with van der Waals surface area (Å²) in [5, 5.41) is 14.4. The first-order chi connectivity index (χ1) is 11.3. The van der Waals surface area contributed by atoms with Crippen LogP contribution in [-0.2, 0) is 9.59 Å². The summed E-state index contributed by atoms with van der Waals surface area (Å²) in [6.07, 6.45) is 1.65. The van der Waals surface area contributed by atoms with Gasteiger partial charge in [0.1, 0.15) is 5.00 Å². The zero-order valence-electron chi connectivity index (χ0n) is 13.5. The number of carboxylic acids is 1. The Labute approximate surface area is 143 Å². The van der Waals surface area contributed by atoms with Gasteiger partial charge in [0.05, 0.1) is 17.4 Å². The maximum absolute atomic E-state index is 12.8. The predicted octanol–water partition coefficient (Wildman–Crippen LogP) is 2.48. The molecule has 1 heterocycles. The summed E-state index contributed by atoms with van der Waals surface area (Å²) in [6, 6.07) is 1.56. The monoisotopic (exact) mass is 348 g/mol. The Bertz CT molecular complexity index is 748. The Balaban J connectivity index is 1.91. The maximum atomic E-state index is 12.8. The number of hydrogen-bond acceptors (Lipinski definition) is 4. The van der Waals surface area contributed by atoms with Gasteiger partial charge in [-0.15, -0.1) is 11.3 Å². The molecule has 0 unspecified atom stereocenters. The van der Waals surface area contributed by atoms with Crippen LogP contribution in [-0.4, -0.2) is 22.9 Å². The number of fused-ring (bicyclic) bond motifs is 2. The molecule has 2 aliphatic carbocycles. The molecule has 0 saturated heterocycles. The topological polar surface area (TPSA) is 109 Å². The number of carboxylic acid groups (broad SMARTS) is 1. The van der Waals surface area contributed by atoms with Crippen molar-refractivity contribution in [3.63, 3.8) is 0 Å². The van der Waals surface area contributed by atoms with Crippen molar-refractivity contribution in [2.75, 3.05) is 5.32 Å². The number of allylic oxidation sites excluding steroid dienone is 2. The second kappa shape index (κ2) is 6.05. The molecule has 24 heavy (non-hydrogen) atoms. The third-order valence-corrected chi connectivity index (χ3v) is 6.00. The Morgan fingerprint density at radius 1 is 1.21 bits per heavy atom. The van der Waals surface area contributed by atoms with E-state index < -0.39 is 23.7 Å². The van der Waals surface area contributed by atoms with E-state index in [0.29, 0.717) is 5.00 Å². The van der Waals surface area contributed by atoms with Crippen LogP contribution in [0.5, 0.6) is 0 Å². The molecular formula is C17H20N2O4S. The van der Waals surface area contributed by atoms with Gasteiger partial charge in [-0.25, -0.2) is 0 Å². The van der Waals surface area contributed by atoms with Crippen molar-refractivity contribution in [3.8, 4) is 0 Å². The van der Waals surface area contributed by atoms with E-state index in [1.807, 2.05) is 13.8 Å². The lowest BCUT2D eigenvalue weighted by molar-refractivity contribution is -0.148. The minimum absolute atomic E-state index is 0.0295. The molecule has 0 radical (unpaired) electrons. The number of anilines is 1. The van der Waals surface area contributed by atoms with Crippen LogP contribution in [0, 0.1) is 23.7 Å². The molecule has 6 nitrogen and oxygen atoms in total. The van der Waals surface area contributed by atoms with Crippen LogP contribution in [0.3, 0.4) is 0 Å². The summed E-state index contributed by atoms with van der Waals surface area (Å²) in [5.41, 5.74) is 7.79. The van der Waals surface area contributed by atoms with Crippen LogP contribution in [0.2, 0.25) is 0 Å². The Hall–Kier alpha value is -2.15. The molecule has 0 aliphatic heterocycles. The minimum Gasteiger partial charge on any atom is -0.481 e. The average molecular weight is 348 g/mol. The van der Waals surface area contributed by atoms with Gasteiger partial charge in [0.15, 0.2) is 0 Å². The fourth-order valence-corrected chi connectivity index (χ4v) is 5.20. The van der Waals surface area contributed by atoms with Crippen LogP contribution in [0.1, 0.15) is 37.0 Å². The van der Waals surface area contributed by atoms with Crippen molar-refractivity contribution < 1.29 is 19.5 Å². The summed E-state index contributed by atoms with van der Waals surface area (Å²) in [4.78, 5) is 36.0. The van der Waals surface area contributed by atoms with E-state index in [4.69, 9.17) is 5.73 Å². The number of carbonyl (C=O) groups excluding carboxylic acids is 2. The second-order valence-electron chi connectivity index (χ2n) is 6.65. The minimum atomic E-state index is -0.928. The number of aliphatic carboxylic acids is 1. The van der Waals surface area contributed by atoms with Crippen molar-refractivity contribution in [1.82, 2.24) is 0 Å². The van der Waals surface area contributed by atoms with Crippen molar-refractivity contribution in [2.24, 2.45) is 29.4 Å². The SMILES string of the molecule is CC(C)=C1[C@H]2CC[C@@H]1[C@H](C(=O)O)[C@@H]2C(=O)Nc1sccc1C(N)=O. The molecule has 7 heteroatoms. The van der Waals surface area contributed by atoms with E-state index in [-0.39, 0.29) is 23.3 Å². The van der Waals surface area contributed by atoms with Gasteiger partial charge in [-0.05, 0) is 50.0 Å². The molecule has 2 saturated carbocycles. The molecule has 1 aromatic rings. The van der Waals surface area contributed by atoms with Crippen LogP contribution >= 0.6 is 11.3 Å². The average Bonchev–Trinajstić information content (AvgIpc) is 3.18. The fraction of sp³-hybridized carbons (Fsp3) is 0.471. The lowest BCUT2D eigenvalue weighted by atomic mass is 9.79. The van der Waals surface area contributed by atoms with E-state index in [0.717, 1.165) is 24.0 Å². The van der Waals surface area contributed by atoms with E-state index in [1.165, 1.54) is 11.3 Å². The summed E-state index contributed by atoms with van der Waals surface area (Å²) in [7, 11) is 0. The highest BCUT2D eigenvalue weighted by Crippen LogP contribution is 2.57. The largest absolute Gasteiger partial charge is 0.481 e. The fourth-order valence-electron chi connectivity index (χ4n) is 4.40. The normalized spacial score (nSPS) is 28.0. The number of amides is 2. The summed E-state index contributed by atoms with van der Waals surface area (Å²) >= 11 is 1.21.